The molecule has 1 aliphatic rings. The van der Waals surface area contributed by atoms with Crippen molar-refractivity contribution in [2.24, 2.45) is 0 Å². The molecule has 1 aromatic rings. The number of rotatable bonds is 1. The van der Waals surface area contributed by atoms with Crippen LogP contribution < -0.4 is 4.74 Å². The van der Waals surface area contributed by atoms with Gasteiger partial charge in [0.25, 0.3) is 0 Å². The van der Waals surface area contributed by atoms with Crippen LogP contribution >= 0.6 is 31.9 Å². The van der Waals surface area contributed by atoms with Gasteiger partial charge in [-0.15, -0.1) is 0 Å². The van der Waals surface area contributed by atoms with Crippen LogP contribution in [0.1, 0.15) is 20.9 Å². The molecule has 0 N–H and O–H groups in total. The smallest absolute Gasteiger partial charge is 0.340 e. The molecule has 2 rings (SSSR count). The fraction of sp³-hybridized carbons (Fsp3) is 0.222. The van der Waals surface area contributed by atoms with Gasteiger partial charge in [0.2, 0.25) is 0 Å². The number of hydrogen-bond donors (Lipinski definition) is 0. The summed E-state index contributed by atoms with van der Waals surface area (Å²) in [4.78, 5) is 11.3. The van der Waals surface area contributed by atoms with Gasteiger partial charge >= 0.3 is 5.97 Å². The maximum Gasteiger partial charge on any atom is 0.340 e. The fourth-order valence-corrected chi connectivity index (χ4v) is 2.53. The zero-order chi connectivity index (χ0) is 10.3. The summed E-state index contributed by atoms with van der Waals surface area (Å²) in [5, 5.41) is -0.419. The van der Waals surface area contributed by atoms with Gasteiger partial charge in [0.05, 0.1) is 22.7 Å². The van der Waals surface area contributed by atoms with E-state index in [0.29, 0.717) is 11.3 Å². The van der Waals surface area contributed by atoms with Crippen molar-refractivity contribution in [1.82, 2.24) is 0 Å². The van der Waals surface area contributed by atoms with Crippen molar-refractivity contribution in [3.63, 3.8) is 0 Å². The van der Waals surface area contributed by atoms with Crippen LogP contribution in [0.4, 0.5) is 0 Å². The number of alkyl halides is 1. The highest BCUT2D eigenvalue weighted by Gasteiger charge is 2.33. The summed E-state index contributed by atoms with van der Waals surface area (Å²) in [7, 11) is 1.56. The number of cyclic esters (lactones) is 1. The van der Waals surface area contributed by atoms with Gasteiger partial charge in [-0.2, -0.15) is 0 Å². The highest BCUT2D eigenvalue weighted by Crippen LogP contribution is 2.44. The van der Waals surface area contributed by atoms with Crippen LogP contribution in [-0.4, -0.2) is 13.1 Å². The van der Waals surface area contributed by atoms with E-state index < -0.39 is 5.01 Å². The van der Waals surface area contributed by atoms with Gasteiger partial charge in [-0.1, -0.05) is 0 Å². The molecule has 0 amide bonds. The first-order valence-electron chi connectivity index (χ1n) is 3.86. The monoisotopic (exact) mass is 320 g/mol. The first-order valence-corrected chi connectivity index (χ1v) is 5.57. The lowest BCUT2D eigenvalue weighted by Crippen LogP contribution is -1.95. The third kappa shape index (κ3) is 1.35. The molecular weight excluding hydrogens is 316 g/mol. The van der Waals surface area contributed by atoms with E-state index in [1.54, 1.807) is 19.2 Å². The van der Waals surface area contributed by atoms with Crippen LogP contribution in [0.25, 0.3) is 0 Å². The number of carbonyl (C=O) groups is 1. The van der Waals surface area contributed by atoms with E-state index in [-0.39, 0.29) is 5.97 Å². The quantitative estimate of drug-likeness (QED) is 0.589. The third-order valence-electron chi connectivity index (χ3n) is 2.01. The van der Waals surface area contributed by atoms with Crippen molar-refractivity contribution in [1.29, 1.82) is 0 Å². The molecule has 1 aliphatic heterocycles. The second-order valence-corrected chi connectivity index (χ2v) is 4.45. The van der Waals surface area contributed by atoms with E-state index >= 15 is 0 Å². The number of ether oxygens (including phenoxy) is 2. The highest BCUT2D eigenvalue weighted by molar-refractivity contribution is 9.10. The largest absolute Gasteiger partial charge is 0.495 e. The first-order chi connectivity index (χ1) is 6.65. The van der Waals surface area contributed by atoms with Crippen molar-refractivity contribution in [2.45, 2.75) is 5.01 Å². The Morgan fingerprint density at radius 2 is 2.21 bits per heavy atom. The van der Waals surface area contributed by atoms with Crippen LogP contribution in [0.3, 0.4) is 0 Å². The van der Waals surface area contributed by atoms with Gasteiger partial charge in [-0.3, -0.25) is 0 Å². The fourth-order valence-electron chi connectivity index (χ4n) is 1.40. The topological polar surface area (TPSA) is 35.5 Å². The number of fused-ring (bicyclic) bond motifs is 1. The number of esters is 1. The Hall–Kier alpha value is -0.550. The summed E-state index contributed by atoms with van der Waals surface area (Å²) in [5.41, 5.74) is 1.29. The van der Waals surface area contributed by atoms with Gasteiger partial charge < -0.3 is 9.47 Å². The van der Waals surface area contributed by atoms with Gasteiger partial charge in [0.15, 0.2) is 5.01 Å². The van der Waals surface area contributed by atoms with E-state index in [4.69, 9.17) is 9.47 Å². The molecule has 1 aromatic carbocycles. The minimum atomic E-state index is -0.419. The lowest BCUT2D eigenvalue weighted by atomic mass is 10.1. The molecule has 1 unspecified atom stereocenters. The SMILES string of the molecule is COc1c(Br)ccc2c1C(Br)OC2=O. The summed E-state index contributed by atoms with van der Waals surface area (Å²) < 4.78 is 11.0. The van der Waals surface area contributed by atoms with E-state index in [9.17, 15) is 4.79 Å². The summed E-state index contributed by atoms with van der Waals surface area (Å²) in [5.74, 6) is 0.308. The Labute approximate surface area is 97.6 Å². The molecule has 74 valence electrons. The van der Waals surface area contributed by atoms with Crippen molar-refractivity contribution >= 4 is 37.8 Å². The maximum atomic E-state index is 11.3. The zero-order valence-electron chi connectivity index (χ0n) is 7.21. The second kappa shape index (κ2) is 3.55. The molecule has 0 aromatic heterocycles. The van der Waals surface area contributed by atoms with Gasteiger partial charge in [0.1, 0.15) is 5.75 Å². The Morgan fingerprint density at radius 1 is 1.50 bits per heavy atom. The lowest BCUT2D eigenvalue weighted by molar-refractivity contribution is 0.0529. The molecule has 0 aliphatic carbocycles. The maximum absolute atomic E-state index is 11.3. The molecule has 3 nitrogen and oxygen atoms in total. The van der Waals surface area contributed by atoms with Crippen LogP contribution in [-0.2, 0) is 4.74 Å². The number of halogens is 2. The van der Waals surface area contributed by atoms with Gasteiger partial charge in [-0.25, -0.2) is 4.79 Å². The molecule has 1 atom stereocenters. The molecule has 0 radical (unpaired) electrons. The van der Waals surface area contributed by atoms with Crippen LogP contribution in [0.2, 0.25) is 0 Å². The number of hydrogen-bond acceptors (Lipinski definition) is 3. The molecule has 14 heavy (non-hydrogen) atoms. The molecule has 1 heterocycles. The Kier molecular flexibility index (Phi) is 2.53. The molecule has 0 fully saturated rings. The summed E-state index contributed by atoms with van der Waals surface area (Å²) in [6.07, 6.45) is 0. The molecule has 0 spiro atoms. The molecular formula is C9H6Br2O3. The summed E-state index contributed by atoms with van der Waals surface area (Å²) in [6.45, 7) is 0. The lowest BCUT2D eigenvalue weighted by Gasteiger charge is -2.09. The highest BCUT2D eigenvalue weighted by atomic mass is 79.9. The van der Waals surface area contributed by atoms with E-state index in [2.05, 4.69) is 31.9 Å². The second-order valence-electron chi connectivity index (χ2n) is 2.76. The first kappa shape index (κ1) is 9.98. The average molecular weight is 322 g/mol. The van der Waals surface area contributed by atoms with Crippen LogP contribution in [0, 0.1) is 0 Å². The minimum absolute atomic E-state index is 0.326. The summed E-state index contributed by atoms with van der Waals surface area (Å²) in [6, 6.07) is 3.48. The summed E-state index contributed by atoms with van der Waals surface area (Å²) >= 11 is 6.60. The third-order valence-corrected chi connectivity index (χ3v) is 3.28. The molecule has 0 bridgehead atoms. The van der Waals surface area contributed by atoms with Crippen LogP contribution in [0.15, 0.2) is 16.6 Å². The normalized spacial score (nSPS) is 19.1. The number of benzene rings is 1. The molecule has 0 saturated heterocycles. The predicted molar refractivity (Wildman–Crippen MR) is 57.8 cm³/mol. The average Bonchev–Trinajstić information content (AvgIpc) is 2.43. The number of methoxy groups -OCH3 is 1. The van der Waals surface area contributed by atoms with Crippen molar-refractivity contribution < 1.29 is 14.3 Å². The molecule has 5 heteroatoms. The molecule has 0 saturated carbocycles. The Morgan fingerprint density at radius 3 is 2.86 bits per heavy atom. The Bertz CT molecular complexity index is 403. The van der Waals surface area contributed by atoms with E-state index in [1.807, 2.05) is 0 Å². The van der Waals surface area contributed by atoms with E-state index in [0.717, 1.165) is 10.0 Å². The standard InChI is InChI=1S/C9H6Br2O3/c1-13-7-5(10)3-2-4-6(7)8(11)14-9(4)12/h2-3,8H,1H3. The van der Waals surface area contributed by atoms with Gasteiger partial charge in [-0.05, 0) is 44.0 Å². The van der Waals surface area contributed by atoms with Gasteiger partial charge in [0, 0.05) is 0 Å². The van der Waals surface area contributed by atoms with Crippen molar-refractivity contribution in [3.05, 3.63) is 27.7 Å². The Balaban J connectivity index is 2.68. The number of carbonyl (C=O) groups excluding carboxylic acids is 1. The van der Waals surface area contributed by atoms with Crippen molar-refractivity contribution in [3.8, 4) is 5.75 Å². The van der Waals surface area contributed by atoms with E-state index in [1.165, 1.54) is 0 Å². The zero-order valence-corrected chi connectivity index (χ0v) is 10.4. The van der Waals surface area contributed by atoms with Crippen LogP contribution in [0.5, 0.6) is 5.75 Å². The minimum Gasteiger partial charge on any atom is -0.495 e. The predicted octanol–water partition coefficient (Wildman–Crippen LogP) is 3.02. The van der Waals surface area contributed by atoms with Crippen molar-refractivity contribution in [2.75, 3.05) is 7.11 Å².